The van der Waals surface area contributed by atoms with Gasteiger partial charge in [-0.25, -0.2) is 4.79 Å². The van der Waals surface area contributed by atoms with Crippen LogP contribution in [0.25, 0.3) is 0 Å². The molecule has 1 atom stereocenters. The Morgan fingerprint density at radius 3 is 2.24 bits per heavy atom. The molecule has 1 aromatic rings. The fourth-order valence-corrected chi connectivity index (χ4v) is 1.90. The standard InChI is InChI=1S/C14H19N3O4/c1-9(2)17(8-11(18)19)13(20)12(16-14(15)21)10-6-4-3-5-7-10/h3-7,9,12H,8H2,1-2H3,(H,18,19)(H3,15,16,21). The lowest BCUT2D eigenvalue weighted by atomic mass is 10.0. The molecule has 21 heavy (non-hydrogen) atoms. The molecule has 3 amide bonds. The third-order valence-electron chi connectivity index (χ3n) is 2.88. The molecular formula is C14H19N3O4. The van der Waals surface area contributed by atoms with Gasteiger partial charge < -0.3 is 21.1 Å². The Balaban J connectivity index is 3.09. The van der Waals surface area contributed by atoms with Gasteiger partial charge in [0.25, 0.3) is 5.91 Å². The lowest BCUT2D eigenvalue weighted by Gasteiger charge is -2.29. The van der Waals surface area contributed by atoms with Crippen LogP contribution in [0.1, 0.15) is 25.5 Å². The molecule has 0 fully saturated rings. The minimum Gasteiger partial charge on any atom is -0.480 e. The van der Waals surface area contributed by atoms with Crippen molar-refractivity contribution in [2.45, 2.75) is 25.9 Å². The Morgan fingerprint density at radius 1 is 1.24 bits per heavy atom. The van der Waals surface area contributed by atoms with Gasteiger partial charge >= 0.3 is 12.0 Å². The molecule has 0 aromatic heterocycles. The van der Waals surface area contributed by atoms with Crippen LogP contribution >= 0.6 is 0 Å². The number of rotatable bonds is 6. The first-order valence-electron chi connectivity index (χ1n) is 6.46. The molecule has 0 aliphatic carbocycles. The monoisotopic (exact) mass is 293 g/mol. The van der Waals surface area contributed by atoms with Crippen molar-refractivity contribution in [3.05, 3.63) is 35.9 Å². The Labute approximate surface area is 122 Å². The molecule has 0 heterocycles. The Hall–Kier alpha value is -2.57. The highest BCUT2D eigenvalue weighted by Crippen LogP contribution is 2.17. The fraction of sp³-hybridized carbons (Fsp3) is 0.357. The van der Waals surface area contributed by atoms with Crippen LogP contribution in [-0.4, -0.2) is 40.5 Å². The van der Waals surface area contributed by atoms with Crippen molar-refractivity contribution in [3.63, 3.8) is 0 Å². The summed E-state index contributed by atoms with van der Waals surface area (Å²) in [6.45, 7) is 2.96. The highest BCUT2D eigenvalue weighted by Gasteiger charge is 2.29. The lowest BCUT2D eigenvalue weighted by Crippen LogP contribution is -2.48. The average Bonchev–Trinajstić information content (AvgIpc) is 2.41. The Morgan fingerprint density at radius 2 is 1.81 bits per heavy atom. The van der Waals surface area contributed by atoms with Crippen molar-refractivity contribution < 1.29 is 19.5 Å². The van der Waals surface area contributed by atoms with Crippen molar-refractivity contribution in [2.75, 3.05) is 6.54 Å². The number of carboxylic acids is 1. The maximum Gasteiger partial charge on any atom is 0.323 e. The van der Waals surface area contributed by atoms with E-state index in [2.05, 4.69) is 5.32 Å². The zero-order valence-electron chi connectivity index (χ0n) is 11.9. The van der Waals surface area contributed by atoms with E-state index in [1.807, 2.05) is 0 Å². The van der Waals surface area contributed by atoms with Gasteiger partial charge in [0.2, 0.25) is 0 Å². The molecule has 0 aliphatic heterocycles. The van der Waals surface area contributed by atoms with Gasteiger partial charge in [-0.2, -0.15) is 0 Å². The van der Waals surface area contributed by atoms with E-state index in [9.17, 15) is 14.4 Å². The van der Waals surface area contributed by atoms with Gasteiger partial charge in [-0.1, -0.05) is 30.3 Å². The summed E-state index contributed by atoms with van der Waals surface area (Å²) in [4.78, 5) is 35.7. The first-order chi connectivity index (χ1) is 9.82. The summed E-state index contributed by atoms with van der Waals surface area (Å²) in [7, 11) is 0. The Kier molecular flexibility index (Phi) is 5.71. The highest BCUT2D eigenvalue weighted by molar-refractivity contribution is 5.89. The number of nitrogens with two attached hydrogens (primary N) is 1. The molecular weight excluding hydrogens is 274 g/mol. The van der Waals surface area contributed by atoms with Crippen LogP contribution in [0.4, 0.5) is 4.79 Å². The van der Waals surface area contributed by atoms with Crippen molar-refractivity contribution in [1.82, 2.24) is 10.2 Å². The molecule has 1 unspecified atom stereocenters. The van der Waals surface area contributed by atoms with Crippen molar-refractivity contribution in [3.8, 4) is 0 Å². The van der Waals surface area contributed by atoms with E-state index in [1.54, 1.807) is 44.2 Å². The minimum absolute atomic E-state index is 0.325. The summed E-state index contributed by atoms with van der Waals surface area (Å²) < 4.78 is 0. The van der Waals surface area contributed by atoms with E-state index in [1.165, 1.54) is 4.90 Å². The zero-order valence-corrected chi connectivity index (χ0v) is 11.9. The number of aliphatic carboxylic acids is 1. The number of nitrogens with one attached hydrogen (secondary N) is 1. The van der Waals surface area contributed by atoms with Crippen molar-refractivity contribution >= 4 is 17.9 Å². The SMILES string of the molecule is CC(C)N(CC(=O)O)C(=O)C(NC(N)=O)c1ccccc1. The van der Waals surface area contributed by atoms with E-state index in [-0.39, 0.29) is 6.04 Å². The summed E-state index contributed by atoms with van der Waals surface area (Å²) >= 11 is 0. The van der Waals surface area contributed by atoms with Gasteiger partial charge in [-0.05, 0) is 19.4 Å². The van der Waals surface area contributed by atoms with Crippen LogP contribution in [0.5, 0.6) is 0 Å². The normalized spacial score (nSPS) is 11.8. The molecule has 0 bridgehead atoms. The van der Waals surface area contributed by atoms with Crippen LogP contribution in [0.2, 0.25) is 0 Å². The fourth-order valence-electron chi connectivity index (χ4n) is 1.90. The maximum atomic E-state index is 12.5. The molecule has 0 saturated heterocycles. The molecule has 114 valence electrons. The number of carboxylic acid groups (broad SMARTS) is 1. The molecule has 0 radical (unpaired) electrons. The van der Waals surface area contributed by atoms with E-state index >= 15 is 0 Å². The predicted octanol–water partition coefficient (Wildman–Crippen LogP) is 0.718. The lowest BCUT2D eigenvalue weighted by molar-refractivity contribution is -0.146. The zero-order chi connectivity index (χ0) is 16.0. The first-order valence-corrected chi connectivity index (χ1v) is 6.46. The number of nitrogens with zero attached hydrogens (tertiary/aromatic N) is 1. The second-order valence-electron chi connectivity index (χ2n) is 4.81. The predicted molar refractivity (Wildman–Crippen MR) is 76.4 cm³/mol. The first kappa shape index (κ1) is 16.5. The van der Waals surface area contributed by atoms with Crippen LogP contribution in [0.3, 0.4) is 0 Å². The van der Waals surface area contributed by atoms with Crippen LogP contribution in [0.15, 0.2) is 30.3 Å². The number of urea groups is 1. The molecule has 7 heteroatoms. The van der Waals surface area contributed by atoms with E-state index in [4.69, 9.17) is 10.8 Å². The Bertz CT molecular complexity index is 516. The number of carbonyl (C=O) groups excluding carboxylic acids is 2. The molecule has 1 rings (SSSR count). The third kappa shape index (κ3) is 4.79. The number of primary amides is 1. The summed E-state index contributed by atoms with van der Waals surface area (Å²) in [6, 6.07) is 6.35. The summed E-state index contributed by atoms with van der Waals surface area (Å²) in [5, 5.41) is 11.3. The molecule has 4 N–H and O–H groups in total. The number of hydrogen-bond acceptors (Lipinski definition) is 3. The minimum atomic E-state index is -1.12. The topological polar surface area (TPSA) is 113 Å². The summed E-state index contributed by atoms with van der Waals surface area (Å²) in [5.41, 5.74) is 5.65. The largest absolute Gasteiger partial charge is 0.480 e. The smallest absolute Gasteiger partial charge is 0.323 e. The third-order valence-corrected chi connectivity index (χ3v) is 2.88. The molecule has 0 aliphatic rings. The maximum absolute atomic E-state index is 12.5. The van der Waals surface area contributed by atoms with Crippen LogP contribution < -0.4 is 11.1 Å². The highest BCUT2D eigenvalue weighted by atomic mass is 16.4. The molecule has 0 saturated carbocycles. The second-order valence-corrected chi connectivity index (χ2v) is 4.81. The van der Waals surface area contributed by atoms with Crippen LogP contribution in [-0.2, 0) is 9.59 Å². The second kappa shape index (κ2) is 7.28. The number of benzene rings is 1. The molecule has 7 nitrogen and oxygen atoms in total. The summed E-state index contributed by atoms with van der Waals surface area (Å²) in [6.07, 6.45) is 0. The summed E-state index contributed by atoms with van der Waals surface area (Å²) in [5.74, 6) is -1.64. The van der Waals surface area contributed by atoms with Gasteiger partial charge in [-0.3, -0.25) is 9.59 Å². The van der Waals surface area contributed by atoms with Gasteiger partial charge in [0.1, 0.15) is 12.6 Å². The quantitative estimate of drug-likeness (QED) is 0.717. The van der Waals surface area contributed by atoms with Crippen molar-refractivity contribution in [1.29, 1.82) is 0 Å². The molecule has 0 spiro atoms. The van der Waals surface area contributed by atoms with E-state index < -0.39 is 30.5 Å². The number of carbonyl (C=O) groups is 3. The average molecular weight is 293 g/mol. The van der Waals surface area contributed by atoms with Gasteiger partial charge in [0, 0.05) is 6.04 Å². The molecule has 1 aromatic carbocycles. The van der Waals surface area contributed by atoms with E-state index in [0.29, 0.717) is 5.56 Å². The van der Waals surface area contributed by atoms with Crippen LogP contribution in [0, 0.1) is 0 Å². The van der Waals surface area contributed by atoms with Gasteiger partial charge in [-0.15, -0.1) is 0 Å². The van der Waals surface area contributed by atoms with Crippen molar-refractivity contribution in [2.24, 2.45) is 5.73 Å². The van der Waals surface area contributed by atoms with Gasteiger partial charge in [0.05, 0.1) is 0 Å². The van der Waals surface area contributed by atoms with Gasteiger partial charge in [0.15, 0.2) is 0 Å². The van der Waals surface area contributed by atoms with E-state index in [0.717, 1.165) is 0 Å². The number of amides is 3. The number of hydrogen-bond donors (Lipinski definition) is 3.